The summed E-state index contributed by atoms with van der Waals surface area (Å²) in [4.78, 5) is 0. The molecule has 3 saturated carbocycles. The van der Waals surface area contributed by atoms with Crippen LogP contribution in [0, 0.1) is 112 Å². The average Bonchev–Trinajstić information content (AvgIpc) is 3.73. The summed E-state index contributed by atoms with van der Waals surface area (Å²) in [5, 5.41) is 0. The van der Waals surface area contributed by atoms with Gasteiger partial charge in [0.15, 0.2) is 0 Å². The molecule has 0 amide bonds. The van der Waals surface area contributed by atoms with Crippen molar-refractivity contribution in [2.75, 3.05) is 0 Å². The molecule has 0 bridgehead atoms. The van der Waals surface area contributed by atoms with E-state index in [-0.39, 0.29) is 52.4 Å². The molecule has 2 aliphatic heterocycles. The predicted octanol–water partition coefficient (Wildman–Crippen LogP) is 13.0. The fraction of sp³-hybridized carbons (Fsp3) is 0.632. The summed E-state index contributed by atoms with van der Waals surface area (Å²) in [7, 11) is -5.82. The van der Waals surface area contributed by atoms with Crippen LogP contribution in [0.15, 0.2) is 0 Å². The van der Waals surface area contributed by atoms with Gasteiger partial charge in [-0.3, -0.25) is 0 Å². The summed E-state index contributed by atoms with van der Waals surface area (Å²) < 4.78 is 39.0. The molecule has 0 aromatic heterocycles. The Labute approximate surface area is 316 Å². The second-order valence-corrected chi connectivity index (χ2v) is 19.4. The zero-order valence-electron chi connectivity index (χ0n) is 29.9. The van der Waals surface area contributed by atoms with Gasteiger partial charge in [-0.15, -0.1) is 0 Å². The third kappa shape index (κ3) is 18.4. The Kier molecular flexibility index (Phi) is 26.7. The van der Waals surface area contributed by atoms with E-state index < -0.39 is 7.25 Å². The Balaban J connectivity index is 0.000000643. The van der Waals surface area contributed by atoms with Crippen LogP contribution in [0.2, 0.25) is 0 Å². The van der Waals surface area contributed by atoms with Crippen molar-refractivity contribution in [3.05, 3.63) is 88.4 Å². The van der Waals surface area contributed by atoms with Gasteiger partial charge in [0.25, 0.3) is 0 Å². The monoisotopic (exact) mass is 824 g/mol. The van der Waals surface area contributed by atoms with Gasteiger partial charge in [0.2, 0.25) is 0 Å². The molecular formula is C38H60BF4FeP2Rh+. The van der Waals surface area contributed by atoms with E-state index in [0.29, 0.717) is 0 Å². The van der Waals surface area contributed by atoms with Crippen LogP contribution in [-0.2, 0) is 36.5 Å². The summed E-state index contributed by atoms with van der Waals surface area (Å²) in [5.41, 5.74) is 7.17. The molecule has 0 nitrogen and oxygen atoms in total. The molecule has 5 aliphatic rings. The van der Waals surface area contributed by atoms with Gasteiger partial charge < -0.3 is 17.3 Å². The van der Waals surface area contributed by atoms with Gasteiger partial charge in [0.05, 0.1) is 0 Å². The van der Waals surface area contributed by atoms with Gasteiger partial charge in [0.1, 0.15) is 0 Å². The van der Waals surface area contributed by atoms with Gasteiger partial charge in [-0.1, -0.05) is 71.2 Å². The van der Waals surface area contributed by atoms with Crippen molar-refractivity contribution in [1.82, 2.24) is 0 Å². The Morgan fingerprint density at radius 2 is 0.681 bits per heavy atom. The molecule has 6 atom stereocenters. The van der Waals surface area contributed by atoms with Gasteiger partial charge in [-0.25, -0.2) is 0 Å². The van der Waals surface area contributed by atoms with Crippen LogP contribution in [0.4, 0.5) is 17.3 Å². The van der Waals surface area contributed by atoms with Crippen LogP contribution in [0.1, 0.15) is 107 Å². The topological polar surface area (TPSA) is 0 Å². The summed E-state index contributed by atoms with van der Waals surface area (Å²) >= 11 is 0. The SMILES string of the molecule is CC(C)[C@H]1CC[C@@H](C(C)C)P1[C]1[CH][CH][CH][CH]1.CC(C)[C@H]1CC[C@@H](C(C)C)P1[C]1[CH][CH][CH][CH]1.F[B-](F)(F)F.[CH]1[CH]CC[CH][CH]CC1.[Fe+2].[Rh]. The van der Waals surface area contributed by atoms with E-state index in [4.69, 9.17) is 0 Å². The maximum absolute atomic E-state index is 9.75. The first-order chi connectivity index (χ1) is 21.2. The average molecular weight is 824 g/mol. The minimum atomic E-state index is -6.00. The second kappa shape index (κ2) is 25.7. The maximum atomic E-state index is 9.75. The predicted molar refractivity (Wildman–Crippen MR) is 194 cm³/mol. The van der Waals surface area contributed by atoms with E-state index in [2.05, 4.69) is 132 Å². The van der Waals surface area contributed by atoms with E-state index in [9.17, 15) is 17.3 Å². The molecule has 0 spiro atoms. The molecule has 9 heteroatoms. The van der Waals surface area contributed by atoms with Crippen LogP contribution in [0.5, 0.6) is 0 Å². The maximum Gasteiger partial charge on any atom is 2.00 e. The molecular weight excluding hydrogens is 764 g/mol. The van der Waals surface area contributed by atoms with E-state index in [1.165, 1.54) is 51.4 Å². The minimum Gasteiger partial charge on any atom is -0.418 e. The van der Waals surface area contributed by atoms with E-state index >= 15 is 0 Å². The second-order valence-electron chi connectivity index (χ2n) is 14.1. The molecule has 5 fully saturated rings. The third-order valence-electron chi connectivity index (χ3n) is 9.24. The molecule has 15 radical (unpaired) electrons. The van der Waals surface area contributed by atoms with Crippen LogP contribution in [-0.4, -0.2) is 29.9 Å². The molecule has 269 valence electrons. The van der Waals surface area contributed by atoms with Crippen molar-refractivity contribution in [1.29, 1.82) is 0 Å². The van der Waals surface area contributed by atoms with Gasteiger partial charge in [-0.2, -0.15) is 0 Å². The van der Waals surface area contributed by atoms with Crippen LogP contribution >= 0.6 is 15.8 Å². The summed E-state index contributed by atoms with van der Waals surface area (Å²) in [6.07, 6.45) is 38.1. The third-order valence-corrected chi connectivity index (χ3v) is 17.3. The first-order valence-electron chi connectivity index (χ1n) is 17.4. The summed E-state index contributed by atoms with van der Waals surface area (Å²) in [6.45, 7) is 19.3. The Bertz CT molecular complexity index is 650. The van der Waals surface area contributed by atoms with Gasteiger partial charge in [-0.05, 0) is 175 Å². The Hall–Kier alpha value is 1.79. The standard InChI is InChI=1S/2C15H24P.C8H12.BF4.Fe.Rh/c2*1-11(2)14-9-10-15(12(3)4)16(14)13-7-5-6-8-13;1-2-4-6-8-7-5-3-1;2-1(3,4)5;;/h2*5-8,11-12,14-15H,9-10H2,1-4H3;1-2,7-8H,3-6H2;;;/q;;;-1;+2;/t2*14-,15+,16?;;;;. The molecule has 3 aliphatic carbocycles. The largest absolute Gasteiger partial charge is 2.00 e. The smallest absolute Gasteiger partial charge is 0.418 e. The molecule has 0 aromatic rings. The molecule has 47 heavy (non-hydrogen) atoms. The Morgan fingerprint density at radius 1 is 0.489 bits per heavy atom. The molecule has 2 saturated heterocycles. The van der Waals surface area contributed by atoms with Crippen LogP contribution in [0.25, 0.3) is 0 Å². The number of halogens is 4. The normalized spacial score (nSPS) is 30.4. The van der Waals surface area contributed by atoms with Crippen LogP contribution in [0.3, 0.4) is 0 Å². The van der Waals surface area contributed by atoms with Crippen molar-refractivity contribution in [2.24, 2.45) is 23.7 Å². The number of hydrogen-bond acceptors (Lipinski definition) is 0. The van der Waals surface area contributed by atoms with Crippen molar-refractivity contribution < 1.29 is 53.8 Å². The van der Waals surface area contributed by atoms with E-state index in [1.807, 2.05) is 0 Å². The molecule has 2 heterocycles. The zero-order valence-corrected chi connectivity index (χ0v) is 34.4. The molecule has 0 N–H and O–H groups in total. The molecule has 0 aromatic carbocycles. The van der Waals surface area contributed by atoms with E-state index in [1.54, 1.807) is 11.3 Å². The molecule has 2 unspecified atom stereocenters. The summed E-state index contributed by atoms with van der Waals surface area (Å²) in [5.74, 6) is 3.41. The van der Waals surface area contributed by atoms with Gasteiger partial charge >= 0.3 is 24.3 Å². The minimum absolute atomic E-state index is 0. The van der Waals surface area contributed by atoms with Crippen molar-refractivity contribution in [3.8, 4) is 0 Å². The first kappa shape index (κ1) is 48.8. The van der Waals surface area contributed by atoms with Crippen molar-refractivity contribution in [3.63, 3.8) is 0 Å². The van der Waals surface area contributed by atoms with Crippen LogP contribution < -0.4 is 0 Å². The quantitative estimate of drug-likeness (QED) is 0.142. The number of rotatable bonds is 6. The first-order valence-corrected chi connectivity index (χ1v) is 20.4. The summed E-state index contributed by atoms with van der Waals surface area (Å²) in [6, 6.07) is 0. The van der Waals surface area contributed by atoms with Crippen molar-refractivity contribution in [2.45, 2.75) is 129 Å². The van der Waals surface area contributed by atoms with Crippen molar-refractivity contribution >= 4 is 23.1 Å². The number of hydrogen-bond donors (Lipinski definition) is 0. The Morgan fingerprint density at radius 3 is 0.851 bits per heavy atom. The zero-order chi connectivity index (χ0) is 33.6. The van der Waals surface area contributed by atoms with Gasteiger partial charge in [0, 0.05) is 30.8 Å². The fourth-order valence-electron chi connectivity index (χ4n) is 7.04. The fourth-order valence-corrected chi connectivity index (χ4v) is 14.9. The van der Waals surface area contributed by atoms with E-state index in [0.717, 1.165) is 46.3 Å². The molecule has 5 rings (SSSR count).